The van der Waals surface area contributed by atoms with Gasteiger partial charge in [-0.05, 0) is 39.3 Å². The van der Waals surface area contributed by atoms with Gasteiger partial charge in [0.15, 0.2) is 0 Å². The second kappa shape index (κ2) is 3.10. The van der Waals surface area contributed by atoms with Crippen LogP contribution in [0.4, 0.5) is 0 Å². The molecular formula is C11H19NO. The number of likely N-dealkylation sites (tertiary alicyclic amines) is 1. The molecule has 0 N–H and O–H groups in total. The molecule has 1 unspecified atom stereocenters. The number of ether oxygens (including phenoxy) is 1. The average molecular weight is 181 g/mol. The summed E-state index contributed by atoms with van der Waals surface area (Å²) in [4.78, 5) is 2.38. The predicted molar refractivity (Wildman–Crippen MR) is 53.8 cm³/mol. The van der Waals surface area contributed by atoms with Crippen molar-refractivity contribution >= 4 is 0 Å². The molecule has 1 spiro atoms. The molecule has 0 aromatic carbocycles. The third-order valence-electron chi connectivity index (χ3n) is 3.41. The van der Waals surface area contributed by atoms with Crippen molar-refractivity contribution in [2.75, 3.05) is 20.1 Å². The molecule has 0 amide bonds. The van der Waals surface area contributed by atoms with Crippen LogP contribution in [-0.4, -0.2) is 36.7 Å². The fourth-order valence-corrected chi connectivity index (χ4v) is 2.48. The van der Waals surface area contributed by atoms with Crippen LogP contribution >= 0.6 is 0 Å². The van der Waals surface area contributed by atoms with E-state index in [-0.39, 0.29) is 5.60 Å². The minimum absolute atomic E-state index is 0.103. The van der Waals surface area contributed by atoms with Gasteiger partial charge in [-0.1, -0.05) is 6.08 Å². The fourth-order valence-electron chi connectivity index (χ4n) is 2.48. The Morgan fingerprint density at radius 2 is 2.08 bits per heavy atom. The lowest BCUT2D eigenvalue weighted by Gasteiger charge is -2.39. The van der Waals surface area contributed by atoms with E-state index in [1.54, 1.807) is 0 Å². The highest BCUT2D eigenvalue weighted by atomic mass is 16.5. The Balaban J connectivity index is 2.10. The maximum atomic E-state index is 6.03. The SMILES string of the molecule is CC1=CC(C)OC12CCN(C)CC2. The number of piperidine rings is 1. The Hall–Kier alpha value is -0.340. The molecule has 2 nitrogen and oxygen atoms in total. The standard InChI is InChI=1S/C11H19NO/c1-9-8-10(2)13-11(9)4-6-12(3)7-5-11/h8,10H,4-7H2,1-3H3. The van der Waals surface area contributed by atoms with E-state index in [0.29, 0.717) is 6.10 Å². The van der Waals surface area contributed by atoms with Gasteiger partial charge in [-0.3, -0.25) is 0 Å². The van der Waals surface area contributed by atoms with Gasteiger partial charge in [0.25, 0.3) is 0 Å². The van der Waals surface area contributed by atoms with E-state index < -0.39 is 0 Å². The van der Waals surface area contributed by atoms with E-state index in [2.05, 4.69) is 31.9 Å². The summed E-state index contributed by atoms with van der Waals surface area (Å²) < 4.78 is 6.03. The summed E-state index contributed by atoms with van der Waals surface area (Å²) in [6, 6.07) is 0. The lowest BCUT2D eigenvalue weighted by Crippen LogP contribution is -2.44. The highest BCUT2D eigenvalue weighted by Gasteiger charge is 2.40. The van der Waals surface area contributed by atoms with Crippen molar-refractivity contribution in [2.45, 2.75) is 38.4 Å². The molecule has 2 rings (SSSR count). The smallest absolute Gasteiger partial charge is 0.0922 e. The highest BCUT2D eigenvalue weighted by Crippen LogP contribution is 2.38. The quantitative estimate of drug-likeness (QED) is 0.528. The third-order valence-corrected chi connectivity index (χ3v) is 3.41. The average Bonchev–Trinajstić information content (AvgIpc) is 2.34. The Bertz CT molecular complexity index is 226. The van der Waals surface area contributed by atoms with Crippen LogP contribution in [0.15, 0.2) is 11.6 Å². The summed E-state index contributed by atoms with van der Waals surface area (Å²) in [5.41, 5.74) is 1.56. The zero-order valence-electron chi connectivity index (χ0n) is 8.84. The van der Waals surface area contributed by atoms with Crippen molar-refractivity contribution in [3.05, 3.63) is 11.6 Å². The zero-order valence-corrected chi connectivity index (χ0v) is 8.84. The van der Waals surface area contributed by atoms with Crippen molar-refractivity contribution in [1.29, 1.82) is 0 Å². The maximum absolute atomic E-state index is 6.03. The van der Waals surface area contributed by atoms with Crippen LogP contribution in [0.3, 0.4) is 0 Å². The first-order chi connectivity index (χ1) is 6.12. The van der Waals surface area contributed by atoms with E-state index >= 15 is 0 Å². The van der Waals surface area contributed by atoms with Crippen molar-refractivity contribution in [3.63, 3.8) is 0 Å². The van der Waals surface area contributed by atoms with Gasteiger partial charge in [0.2, 0.25) is 0 Å². The van der Waals surface area contributed by atoms with Crippen LogP contribution in [0.25, 0.3) is 0 Å². The molecule has 74 valence electrons. The van der Waals surface area contributed by atoms with Gasteiger partial charge in [-0.2, -0.15) is 0 Å². The summed E-state index contributed by atoms with van der Waals surface area (Å²) in [5.74, 6) is 0. The maximum Gasteiger partial charge on any atom is 0.0922 e. The van der Waals surface area contributed by atoms with E-state index in [1.165, 1.54) is 5.57 Å². The number of hydrogen-bond acceptors (Lipinski definition) is 2. The molecule has 0 bridgehead atoms. The normalized spacial score (nSPS) is 33.8. The van der Waals surface area contributed by atoms with Crippen molar-refractivity contribution < 1.29 is 4.74 Å². The first-order valence-electron chi connectivity index (χ1n) is 5.18. The highest BCUT2D eigenvalue weighted by molar-refractivity contribution is 5.22. The Labute approximate surface area is 80.6 Å². The van der Waals surface area contributed by atoms with E-state index in [1.807, 2.05) is 0 Å². The third kappa shape index (κ3) is 1.53. The van der Waals surface area contributed by atoms with Gasteiger partial charge in [0.05, 0.1) is 11.7 Å². The molecule has 13 heavy (non-hydrogen) atoms. The molecule has 1 saturated heterocycles. The predicted octanol–water partition coefficient (Wildman–Crippen LogP) is 1.82. The number of hydrogen-bond donors (Lipinski definition) is 0. The molecule has 0 aromatic rings. The summed E-state index contributed by atoms with van der Waals surface area (Å²) in [6.07, 6.45) is 4.92. The molecule has 2 aliphatic rings. The lowest BCUT2D eigenvalue weighted by molar-refractivity contribution is -0.0568. The molecule has 0 saturated carbocycles. The van der Waals surface area contributed by atoms with E-state index in [4.69, 9.17) is 4.74 Å². The van der Waals surface area contributed by atoms with Crippen LogP contribution in [0.1, 0.15) is 26.7 Å². The number of nitrogens with zero attached hydrogens (tertiary/aromatic N) is 1. The van der Waals surface area contributed by atoms with Crippen LogP contribution in [0.5, 0.6) is 0 Å². The van der Waals surface area contributed by atoms with Crippen LogP contribution in [0, 0.1) is 0 Å². The van der Waals surface area contributed by atoms with Crippen molar-refractivity contribution in [2.24, 2.45) is 0 Å². The Morgan fingerprint density at radius 1 is 1.46 bits per heavy atom. The molecule has 0 radical (unpaired) electrons. The van der Waals surface area contributed by atoms with Crippen molar-refractivity contribution in [3.8, 4) is 0 Å². The Morgan fingerprint density at radius 3 is 2.54 bits per heavy atom. The van der Waals surface area contributed by atoms with Gasteiger partial charge in [0, 0.05) is 13.1 Å². The summed E-state index contributed by atoms with van der Waals surface area (Å²) in [6.45, 7) is 6.68. The fraction of sp³-hybridized carbons (Fsp3) is 0.818. The van der Waals surface area contributed by atoms with Crippen LogP contribution in [0.2, 0.25) is 0 Å². The Kier molecular flexibility index (Phi) is 2.20. The van der Waals surface area contributed by atoms with E-state index in [0.717, 1.165) is 25.9 Å². The van der Waals surface area contributed by atoms with Gasteiger partial charge in [-0.25, -0.2) is 0 Å². The second-order valence-corrected chi connectivity index (χ2v) is 4.47. The van der Waals surface area contributed by atoms with Gasteiger partial charge in [0.1, 0.15) is 0 Å². The minimum Gasteiger partial charge on any atom is -0.364 e. The monoisotopic (exact) mass is 181 g/mol. The summed E-state index contributed by atoms with van der Waals surface area (Å²) >= 11 is 0. The molecule has 1 atom stereocenters. The molecule has 2 heterocycles. The molecule has 2 heteroatoms. The van der Waals surface area contributed by atoms with Gasteiger partial charge >= 0.3 is 0 Å². The van der Waals surface area contributed by atoms with Crippen molar-refractivity contribution in [1.82, 2.24) is 4.90 Å². The second-order valence-electron chi connectivity index (χ2n) is 4.47. The molecule has 1 fully saturated rings. The van der Waals surface area contributed by atoms with E-state index in [9.17, 15) is 0 Å². The number of rotatable bonds is 0. The first kappa shape index (κ1) is 9.22. The minimum atomic E-state index is 0.103. The molecule has 0 aromatic heterocycles. The molecular weight excluding hydrogens is 162 g/mol. The topological polar surface area (TPSA) is 12.5 Å². The summed E-state index contributed by atoms with van der Waals surface area (Å²) in [7, 11) is 2.18. The molecule has 0 aliphatic carbocycles. The van der Waals surface area contributed by atoms with Crippen LogP contribution in [-0.2, 0) is 4.74 Å². The largest absolute Gasteiger partial charge is 0.364 e. The van der Waals surface area contributed by atoms with Gasteiger partial charge in [-0.15, -0.1) is 0 Å². The first-order valence-corrected chi connectivity index (χ1v) is 5.18. The zero-order chi connectivity index (χ0) is 9.47. The summed E-state index contributed by atoms with van der Waals surface area (Å²) in [5, 5.41) is 0. The van der Waals surface area contributed by atoms with Gasteiger partial charge < -0.3 is 9.64 Å². The van der Waals surface area contributed by atoms with Crippen LogP contribution < -0.4 is 0 Å². The molecule has 2 aliphatic heterocycles. The lowest BCUT2D eigenvalue weighted by atomic mass is 9.86.